The molecule has 23 heavy (non-hydrogen) atoms. The summed E-state index contributed by atoms with van der Waals surface area (Å²) in [6, 6.07) is 3.79. The van der Waals surface area contributed by atoms with E-state index in [2.05, 4.69) is 39.9 Å². The third-order valence-corrected chi connectivity index (χ3v) is 3.75. The summed E-state index contributed by atoms with van der Waals surface area (Å²) >= 11 is 6.24. The summed E-state index contributed by atoms with van der Waals surface area (Å²) < 4.78 is 11.4. The van der Waals surface area contributed by atoms with Crippen molar-refractivity contribution in [3.8, 4) is 11.5 Å². The second kappa shape index (κ2) is 7.76. The molecule has 2 N–H and O–H groups in total. The Morgan fingerprint density at radius 3 is 2.22 bits per heavy atom. The molecule has 0 aromatic heterocycles. The van der Waals surface area contributed by atoms with Crippen LogP contribution < -0.4 is 14.8 Å². The number of nitrogens with two attached hydrogens (primary N) is 1. The molecule has 0 spiro atoms. The van der Waals surface area contributed by atoms with E-state index < -0.39 is 0 Å². The SMILES string of the molecule is COc1cc(Cl)cc(C[NH2+]C(C)(C)CC(C)(C)C)c1OC(C)C. The molecule has 0 bridgehead atoms. The minimum atomic E-state index is 0.0893. The topological polar surface area (TPSA) is 35.1 Å². The average molecular weight is 343 g/mol. The van der Waals surface area contributed by atoms with Crippen LogP contribution in [0.5, 0.6) is 11.5 Å². The number of rotatable bonds is 7. The highest BCUT2D eigenvalue weighted by Crippen LogP contribution is 2.35. The summed E-state index contributed by atoms with van der Waals surface area (Å²) in [7, 11) is 1.65. The van der Waals surface area contributed by atoms with E-state index in [4.69, 9.17) is 21.1 Å². The fourth-order valence-corrected chi connectivity index (χ4v) is 3.35. The van der Waals surface area contributed by atoms with Crippen LogP contribution >= 0.6 is 11.6 Å². The van der Waals surface area contributed by atoms with Gasteiger partial charge in [0.25, 0.3) is 0 Å². The molecule has 0 aliphatic heterocycles. The smallest absolute Gasteiger partial charge is 0.170 e. The lowest BCUT2D eigenvalue weighted by molar-refractivity contribution is -0.737. The van der Waals surface area contributed by atoms with Crippen LogP contribution in [0.4, 0.5) is 0 Å². The molecule has 0 aliphatic carbocycles. The first-order valence-electron chi connectivity index (χ1n) is 8.31. The molecule has 1 rings (SSSR count). The maximum absolute atomic E-state index is 6.24. The molecule has 132 valence electrons. The van der Waals surface area contributed by atoms with Crippen LogP contribution in [0.15, 0.2) is 12.1 Å². The summed E-state index contributed by atoms with van der Waals surface area (Å²) in [5, 5.41) is 3.03. The van der Waals surface area contributed by atoms with E-state index in [0.717, 1.165) is 24.3 Å². The Kier molecular flexibility index (Phi) is 6.79. The highest BCUT2D eigenvalue weighted by Gasteiger charge is 2.29. The van der Waals surface area contributed by atoms with Gasteiger partial charge in [0.05, 0.1) is 24.3 Å². The van der Waals surface area contributed by atoms with Crippen LogP contribution in [-0.2, 0) is 6.54 Å². The van der Waals surface area contributed by atoms with Crippen molar-refractivity contribution in [3.05, 3.63) is 22.7 Å². The van der Waals surface area contributed by atoms with Crippen molar-refractivity contribution in [2.45, 2.75) is 73.1 Å². The quantitative estimate of drug-likeness (QED) is 0.796. The molecule has 0 amide bonds. The van der Waals surface area contributed by atoms with E-state index in [1.807, 2.05) is 26.0 Å². The lowest BCUT2D eigenvalue weighted by Crippen LogP contribution is -2.94. The van der Waals surface area contributed by atoms with Gasteiger partial charge >= 0.3 is 0 Å². The number of hydrogen-bond acceptors (Lipinski definition) is 2. The first-order chi connectivity index (χ1) is 10.4. The van der Waals surface area contributed by atoms with Gasteiger partial charge in [0.15, 0.2) is 11.5 Å². The summed E-state index contributed by atoms with van der Waals surface area (Å²) in [4.78, 5) is 0. The predicted molar refractivity (Wildman–Crippen MR) is 97.5 cm³/mol. The normalized spacial score (nSPS) is 12.6. The molecule has 0 aliphatic rings. The van der Waals surface area contributed by atoms with Crippen molar-refractivity contribution in [1.29, 1.82) is 0 Å². The van der Waals surface area contributed by atoms with Crippen molar-refractivity contribution in [2.24, 2.45) is 5.41 Å². The van der Waals surface area contributed by atoms with Gasteiger partial charge in [-0.25, -0.2) is 0 Å². The van der Waals surface area contributed by atoms with Crippen LogP contribution in [-0.4, -0.2) is 18.8 Å². The Hall–Kier alpha value is -0.930. The van der Waals surface area contributed by atoms with Crippen molar-refractivity contribution < 1.29 is 14.8 Å². The standard InChI is InChI=1S/C19H32ClNO2/c1-13(2)23-17-14(9-15(20)10-16(17)22-8)11-21-19(6,7)12-18(3,4)5/h9-10,13,21H,11-12H2,1-8H3/p+1. The zero-order valence-corrected chi connectivity index (χ0v) is 16.7. The summed E-state index contributed by atoms with van der Waals surface area (Å²) in [6.07, 6.45) is 1.21. The molecule has 3 nitrogen and oxygen atoms in total. The molecule has 0 radical (unpaired) electrons. The van der Waals surface area contributed by atoms with Gasteiger partial charge in [-0.2, -0.15) is 0 Å². The Morgan fingerprint density at radius 1 is 1.13 bits per heavy atom. The monoisotopic (exact) mass is 342 g/mol. The highest BCUT2D eigenvalue weighted by molar-refractivity contribution is 6.30. The van der Waals surface area contributed by atoms with Crippen molar-refractivity contribution in [3.63, 3.8) is 0 Å². The lowest BCUT2D eigenvalue weighted by Gasteiger charge is -2.31. The minimum absolute atomic E-state index is 0.0893. The Balaban J connectivity index is 3.00. The van der Waals surface area contributed by atoms with Crippen LogP contribution in [0.3, 0.4) is 0 Å². The summed E-state index contributed by atoms with van der Waals surface area (Å²) in [5.41, 5.74) is 1.51. The molecule has 4 heteroatoms. The lowest BCUT2D eigenvalue weighted by atomic mass is 9.81. The van der Waals surface area contributed by atoms with E-state index in [1.165, 1.54) is 0 Å². The second-order valence-corrected chi connectivity index (χ2v) is 8.83. The zero-order chi connectivity index (χ0) is 17.8. The zero-order valence-electron chi connectivity index (χ0n) is 15.9. The third-order valence-electron chi connectivity index (χ3n) is 3.53. The number of quaternary nitrogens is 1. The van der Waals surface area contributed by atoms with E-state index in [-0.39, 0.29) is 11.6 Å². The van der Waals surface area contributed by atoms with Gasteiger partial charge in [-0.3, -0.25) is 0 Å². The number of ether oxygens (including phenoxy) is 2. The van der Waals surface area contributed by atoms with Crippen LogP contribution in [0, 0.1) is 5.41 Å². The number of halogens is 1. The van der Waals surface area contributed by atoms with Crippen LogP contribution in [0.2, 0.25) is 5.02 Å². The molecule has 0 saturated carbocycles. The summed E-state index contributed by atoms with van der Waals surface area (Å²) in [6.45, 7) is 16.2. The highest BCUT2D eigenvalue weighted by atomic mass is 35.5. The largest absolute Gasteiger partial charge is 0.493 e. The maximum Gasteiger partial charge on any atom is 0.170 e. The van der Waals surface area contributed by atoms with E-state index in [1.54, 1.807) is 7.11 Å². The van der Waals surface area contributed by atoms with Gasteiger partial charge < -0.3 is 14.8 Å². The fraction of sp³-hybridized carbons (Fsp3) is 0.684. The van der Waals surface area contributed by atoms with E-state index in [0.29, 0.717) is 16.2 Å². The predicted octanol–water partition coefficient (Wildman–Crippen LogP) is 4.41. The van der Waals surface area contributed by atoms with Gasteiger partial charge in [-0.05, 0) is 39.2 Å². The van der Waals surface area contributed by atoms with Crippen LogP contribution in [0.1, 0.15) is 60.5 Å². The Labute approximate surface area is 146 Å². The molecular weight excluding hydrogens is 310 g/mol. The minimum Gasteiger partial charge on any atom is -0.493 e. The molecule has 0 atom stereocenters. The number of benzene rings is 1. The van der Waals surface area contributed by atoms with Gasteiger partial charge in [0.1, 0.15) is 6.54 Å². The van der Waals surface area contributed by atoms with Crippen molar-refractivity contribution in [2.75, 3.05) is 7.11 Å². The fourth-order valence-electron chi connectivity index (χ4n) is 3.12. The number of hydrogen-bond donors (Lipinski definition) is 1. The van der Waals surface area contributed by atoms with Gasteiger partial charge in [-0.1, -0.05) is 32.4 Å². The molecule has 1 aromatic rings. The molecule has 0 fully saturated rings. The Bertz CT molecular complexity index is 519. The first-order valence-corrected chi connectivity index (χ1v) is 8.69. The van der Waals surface area contributed by atoms with Crippen molar-refractivity contribution in [1.82, 2.24) is 0 Å². The van der Waals surface area contributed by atoms with Crippen molar-refractivity contribution >= 4 is 11.6 Å². The maximum atomic E-state index is 6.24. The number of methoxy groups -OCH3 is 1. The first kappa shape index (κ1) is 20.1. The second-order valence-electron chi connectivity index (χ2n) is 8.40. The Morgan fingerprint density at radius 2 is 1.74 bits per heavy atom. The van der Waals surface area contributed by atoms with E-state index in [9.17, 15) is 0 Å². The van der Waals surface area contributed by atoms with E-state index >= 15 is 0 Å². The third kappa shape index (κ3) is 7.01. The van der Waals surface area contributed by atoms with Gasteiger partial charge in [-0.15, -0.1) is 0 Å². The molecule has 1 aromatic carbocycles. The summed E-state index contributed by atoms with van der Waals surface area (Å²) in [5.74, 6) is 1.50. The molecule has 0 heterocycles. The van der Waals surface area contributed by atoms with Gasteiger partial charge in [0, 0.05) is 17.5 Å². The molecule has 0 saturated heterocycles. The average Bonchev–Trinajstić information content (AvgIpc) is 2.35. The molecule has 0 unspecified atom stereocenters. The van der Waals surface area contributed by atoms with Crippen LogP contribution in [0.25, 0.3) is 0 Å². The molecular formula is C19H33ClNO2+. The van der Waals surface area contributed by atoms with Gasteiger partial charge in [0.2, 0.25) is 0 Å².